The van der Waals surface area contributed by atoms with Crippen molar-refractivity contribution in [2.75, 3.05) is 20.1 Å². The molecule has 1 aromatic heterocycles. The van der Waals surface area contributed by atoms with Gasteiger partial charge < -0.3 is 10.2 Å². The normalized spacial score (nSPS) is 12.5. The Kier molecular flexibility index (Phi) is 5.58. The molecule has 0 aromatic carbocycles. The molecule has 1 aromatic rings. The number of hydrogen-bond donors (Lipinski definition) is 1. The fraction of sp³-hybridized carbons (Fsp3) is 0.667. The summed E-state index contributed by atoms with van der Waals surface area (Å²) in [5, 5.41) is 4.24. The largest absolute Gasteiger partial charge is 0.340 e. The van der Waals surface area contributed by atoms with E-state index in [2.05, 4.69) is 10.3 Å². The quantitative estimate of drug-likeness (QED) is 0.841. The third-order valence-corrected chi connectivity index (χ3v) is 3.46. The Bertz CT molecular complexity index is 364. The minimum Gasteiger partial charge on any atom is -0.340 e. The lowest BCUT2D eigenvalue weighted by molar-refractivity contribution is -0.134. The highest BCUT2D eigenvalue weighted by molar-refractivity contribution is 7.11. The summed E-state index contributed by atoms with van der Waals surface area (Å²) in [5.41, 5.74) is 0. The average molecular weight is 255 g/mol. The number of rotatable bonds is 6. The smallest absolute Gasteiger partial charge is 0.226 e. The van der Waals surface area contributed by atoms with Gasteiger partial charge in [-0.05, 0) is 13.5 Å². The number of aromatic nitrogens is 1. The van der Waals surface area contributed by atoms with Gasteiger partial charge in [-0.2, -0.15) is 0 Å². The van der Waals surface area contributed by atoms with Gasteiger partial charge in [0, 0.05) is 30.6 Å². The van der Waals surface area contributed by atoms with Gasteiger partial charge in [0.15, 0.2) is 0 Å². The van der Waals surface area contributed by atoms with Gasteiger partial charge in [-0.25, -0.2) is 4.98 Å². The van der Waals surface area contributed by atoms with Crippen molar-refractivity contribution in [3.8, 4) is 0 Å². The van der Waals surface area contributed by atoms with Crippen molar-refractivity contribution < 1.29 is 4.79 Å². The first-order chi connectivity index (χ1) is 8.04. The predicted molar refractivity (Wildman–Crippen MR) is 71.0 cm³/mol. The monoisotopic (exact) mass is 255 g/mol. The van der Waals surface area contributed by atoms with Gasteiger partial charge in [-0.1, -0.05) is 13.8 Å². The zero-order chi connectivity index (χ0) is 12.8. The van der Waals surface area contributed by atoms with Crippen molar-refractivity contribution in [2.45, 2.75) is 27.3 Å². The van der Waals surface area contributed by atoms with Crippen molar-refractivity contribution in [3.05, 3.63) is 16.1 Å². The topological polar surface area (TPSA) is 45.2 Å². The molecular formula is C12H21N3OS. The van der Waals surface area contributed by atoms with Crippen LogP contribution in [-0.2, 0) is 11.3 Å². The first-order valence-corrected chi connectivity index (χ1v) is 6.73. The predicted octanol–water partition coefficient (Wildman–Crippen LogP) is 1.66. The summed E-state index contributed by atoms with van der Waals surface area (Å²) in [6.45, 7) is 8.27. The highest BCUT2D eigenvalue weighted by atomic mass is 32.1. The number of carbonyl (C=O) groups is 1. The number of hydrogen-bond acceptors (Lipinski definition) is 4. The summed E-state index contributed by atoms with van der Waals surface area (Å²) in [6.07, 6.45) is 1.85. The maximum absolute atomic E-state index is 12.0. The van der Waals surface area contributed by atoms with Crippen LogP contribution in [0.1, 0.15) is 23.7 Å². The Balaban J connectivity index is 2.46. The van der Waals surface area contributed by atoms with E-state index in [9.17, 15) is 4.79 Å². The van der Waals surface area contributed by atoms with E-state index in [1.165, 1.54) is 0 Å². The molecule has 96 valence electrons. The maximum Gasteiger partial charge on any atom is 0.226 e. The molecule has 0 saturated carbocycles. The minimum atomic E-state index is 0.0222. The van der Waals surface area contributed by atoms with E-state index in [4.69, 9.17) is 0 Å². The molecule has 5 heteroatoms. The minimum absolute atomic E-state index is 0.0222. The Morgan fingerprint density at radius 3 is 2.88 bits per heavy atom. The molecule has 1 rings (SSSR count). The Morgan fingerprint density at radius 1 is 1.65 bits per heavy atom. The van der Waals surface area contributed by atoms with E-state index >= 15 is 0 Å². The maximum atomic E-state index is 12.0. The van der Waals surface area contributed by atoms with Crippen LogP contribution in [0.5, 0.6) is 0 Å². The van der Waals surface area contributed by atoms with Crippen LogP contribution in [0, 0.1) is 12.8 Å². The van der Waals surface area contributed by atoms with Crippen molar-refractivity contribution in [1.29, 1.82) is 0 Å². The lowest BCUT2D eigenvalue weighted by Crippen LogP contribution is -2.36. The van der Waals surface area contributed by atoms with Crippen LogP contribution in [-0.4, -0.2) is 35.9 Å². The SMILES string of the molecule is CCNCC(C)C(=O)N(C)Cc1cnc(C)s1. The summed E-state index contributed by atoms with van der Waals surface area (Å²) in [6, 6.07) is 0. The van der Waals surface area contributed by atoms with Gasteiger partial charge in [0.25, 0.3) is 0 Å². The van der Waals surface area contributed by atoms with Gasteiger partial charge in [0.1, 0.15) is 0 Å². The zero-order valence-corrected chi connectivity index (χ0v) is 11.8. The molecule has 0 aliphatic carbocycles. The number of thiazole rings is 1. The van der Waals surface area contributed by atoms with Gasteiger partial charge in [0.05, 0.1) is 11.6 Å². The summed E-state index contributed by atoms with van der Waals surface area (Å²) in [7, 11) is 1.85. The Hall–Kier alpha value is -0.940. The molecule has 1 heterocycles. The van der Waals surface area contributed by atoms with Crippen LogP contribution < -0.4 is 5.32 Å². The third kappa shape index (κ3) is 4.44. The molecule has 0 spiro atoms. The van der Waals surface area contributed by atoms with Crippen LogP contribution >= 0.6 is 11.3 Å². The molecule has 0 aliphatic rings. The van der Waals surface area contributed by atoms with Crippen LogP contribution in [0.4, 0.5) is 0 Å². The lowest BCUT2D eigenvalue weighted by atomic mass is 10.1. The average Bonchev–Trinajstić information content (AvgIpc) is 2.70. The zero-order valence-electron chi connectivity index (χ0n) is 11.0. The summed E-state index contributed by atoms with van der Waals surface area (Å²) < 4.78 is 0. The summed E-state index contributed by atoms with van der Waals surface area (Å²) >= 11 is 1.64. The molecular weight excluding hydrogens is 234 g/mol. The van der Waals surface area contributed by atoms with Gasteiger partial charge in [-0.15, -0.1) is 11.3 Å². The number of nitrogens with zero attached hydrogens (tertiary/aromatic N) is 2. The number of nitrogens with one attached hydrogen (secondary N) is 1. The molecule has 1 amide bonds. The number of carbonyl (C=O) groups excluding carboxylic acids is 1. The van der Waals surface area contributed by atoms with Crippen LogP contribution in [0.15, 0.2) is 6.20 Å². The van der Waals surface area contributed by atoms with Gasteiger partial charge in [0.2, 0.25) is 5.91 Å². The van der Waals surface area contributed by atoms with Gasteiger partial charge in [-0.3, -0.25) is 4.79 Å². The molecule has 0 saturated heterocycles. The Morgan fingerprint density at radius 2 is 2.35 bits per heavy atom. The van der Waals surface area contributed by atoms with E-state index in [-0.39, 0.29) is 11.8 Å². The molecule has 1 atom stereocenters. The van der Waals surface area contributed by atoms with Crippen molar-refractivity contribution in [1.82, 2.24) is 15.2 Å². The lowest BCUT2D eigenvalue weighted by Gasteiger charge is -2.20. The molecule has 1 unspecified atom stereocenters. The van der Waals surface area contributed by atoms with E-state index < -0.39 is 0 Å². The fourth-order valence-corrected chi connectivity index (χ4v) is 2.46. The summed E-state index contributed by atoms with van der Waals surface area (Å²) in [5.74, 6) is 0.200. The molecule has 0 bridgehead atoms. The molecule has 17 heavy (non-hydrogen) atoms. The van der Waals surface area contributed by atoms with Crippen LogP contribution in [0.25, 0.3) is 0 Å². The molecule has 4 nitrogen and oxygen atoms in total. The van der Waals surface area contributed by atoms with Crippen LogP contribution in [0.2, 0.25) is 0 Å². The van der Waals surface area contributed by atoms with E-state index in [0.29, 0.717) is 6.54 Å². The molecule has 0 radical (unpaired) electrons. The van der Waals surface area contributed by atoms with E-state index in [1.54, 1.807) is 16.2 Å². The second-order valence-corrected chi connectivity index (χ2v) is 5.57. The van der Waals surface area contributed by atoms with Crippen molar-refractivity contribution in [3.63, 3.8) is 0 Å². The fourth-order valence-electron chi connectivity index (χ4n) is 1.61. The highest BCUT2D eigenvalue weighted by Gasteiger charge is 2.17. The standard InChI is InChI=1S/C12H21N3OS/c1-5-13-6-9(2)12(16)15(4)8-11-7-14-10(3)17-11/h7,9,13H,5-6,8H2,1-4H3. The second kappa shape index (κ2) is 6.71. The first-order valence-electron chi connectivity index (χ1n) is 5.91. The van der Waals surface area contributed by atoms with E-state index in [1.807, 2.05) is 34.0 Å². The van der Waals surface area contributed by atoms with Crippen LogP contribution in [0.3, 0.4) is 0 Å². The molecule has 1 N–H and O–H groups in total. The summed E-state index contributed by atoms with van der Waals surface area (Å²) in [4.78, 5) is 19.1. The Labute approximate surface area is 107 Å². The molecule has 0 fully saturated rings. The first kappa shape index (κ1) is 14.1. The highest BCUT2D eigenvalue weighted by Crippen LogP contribution is 2.14. The number of aryl methyl sites for hydroxylation is 1. The van der Waals surface area contributed by atoms with Crippen molar-refractivity contribution >= 4 is 17.2 Å². The van der Waals surface area contributed by atoms with Gasteiger partial charge >= 0.3 is 0 Å². The number of amides is 1. The van der Waals surface area contributed by atoms with E-state index in [0.717, 1.165) is 23.0 Å². The second-order valence-electron chi connectivity index (χ2n) is 4.25. The van der Waals surface area contributed by atoms with Crippen molar-refractivity contribution in [2.24, 2.45) is 5.92 Å². The molecule has 0 aliphatic heterocycles. The third-order valence-electron chi connectivity index (χ3n) is 2.56.